The molecule has 0 saturated carbocycles. The highest BCUT2D eigenvalue weighted by atomic mass is 16.7. The lowest BCUT2D eigenvalue weighted by molar-refractivity contribution is -0.870. The molecule has 0 amide bonds. The van der Waals surface area contributed by atoms with Crippen LogP contribution < -0.4 is 0 Å². The number of quaternary nitrogens is 1. The van der Waals surface area contributed by atoms with Crippen molar-refractivity contribution in [3.63, 3.8) is 0 Å². The maximum Gasteiger partial charge on any atom is 0.361 e. The molecule has 0 aromatic carbocycles. The van der Waals surface area contributed by atoms with Gasteiger partial charge in [-0.15, -0.1) is 0 Å². The zero-order chi connectivity index (χ0) is 67.5. The Morgan fingerprint density at radius 3 is 0.914 bits per heavy atom. The zero-order valence-electron chi connectivity index (χ0n) is 61.4. The largest absolute Gasteiger partial charge is 0.477 e. The van der Waals surface area contributed by atoms with E-state index in [0.717, 1.165) is 103 Å². The smallest absolute Gasteiger partial charge is 0.361 e. The van der Waals surface area contributed by atoms with Crippen LogP contribution in [0, 0.1) is 0 Å². The average molecular weight is 1300 g/mol. The van der Waals surface area contributed by atoms with Crippen LogP contribution in [-0.4, -0.2) is 87.4 Å². The van der Waals surface area contributed by atoms with Gasteiger partial charge in [-0.25, -0.2) is 4.79 Å². The Morgan fingerprint density at radius 1 is 0.333 bits per heavy atom. The van der Waals surface area contributed by atoms with Crippen LogP contribution in [0.4, 0.5) is 0 Å². The fraction of sp³-hybridized carbons (Fsp3) is 0.750. The monoisotopic (exact) mass is 1300 g/mol. The lowest BCUT2D eigenvalue weighted by Gasteiger charge is -2.25. The minimum absolute atomic E-state index is 0.184. The molecule has 2 atom stereocenters. The predicted octanol–water partition coefficient (Wildman–Crippen LogP) is 24.9. The molecule has 9 heteroatoms. The summed E-state index contributed by atoms with van der Waals surface area (Å²) < 4.78 is 23.0. The van der Waals surface area contributed by atoms with Crippen molar-refractivity contribution in [1.82, 2.24) is 0 Å². The van der Waals surface area contributed by atoms with Crippen molar-refractivity contribution < 1.29 is 42.9 Å². The summed E-state index contributed by atoms with van der Waals surface area (Å²) in [6.45, 7) is 4.80. The molecule has 0 fully saturated rings. The van der Waals surface area contributed by atoms with Gasteiger partial charge in [-0.05, 0) is 83.5 Å². The number of unbranched alkanes of at least 4 members (excludes halogenated alkanes) is 39. The van der Waals surface area contributed by atoms with Crippen molar-refractivity contribution in [3.8, 4) is 0 Å². The summed E-state index contributed by atoms with van der Waals surface area (Å²) in [5, 5.41) is 9.77. The number of allylic oxidation sites excluding steroid dienone is 18. The molecule has 0 aliphatic rings. The van der Waals surface area contributed by atoms with E-state index in [1.807, 2.05) is 21.1 Å². The van der Waals surface area contributed by atoms with E-state index in [1.54, 1.807) is 0 Å². The van der Waals surface area contributed by atoms with E-state index < -0.39 is 24.3 Å². The van der Waals surface area contributed by atoms with E-state index in [2.05, 4.69) is 123 Å². The summed E-state index contributed by atoms with van der Waals surface area (Å²) in [4.78, 5) is 37.7. The normalized spacial score (nSPS) is 13.3. The molecule has 0 saturated heterocycles. The third-order valence-electron chi connectivity index (χ3n) is 17.0. The Kier molecular flexibility index (Phi) is 70.5. The second kappa shape index (κ2) is 73.8. The lowest BCUT2D eigenvalue weighted by Crippen LogP contribution is -2.40. The van der Waals surface area contributed by atoms with E-state index >= 15 is 0 Å². The number of carbonyl (C=O) groups excluding carboxylic acids is 2. The number of likely N-dealkylation sites (N-methyl/N-ethyl adjacent to an activating group) is 1. The van der Waals surface area contributed by atoms with Gasteiger partial charge in [0.1, 0.15) is 13.2 Å². The predicted molar refractivity (Wildman–Crippen MR) is 401 cm³/mol. The van der Waals surface area contributed by atoms with Crippen LogP contribution in [0.5, 0.6) is 0 Å². The van der Waals surface area contributed by atoms with Crippen LogP contribution in [0.3, 0.4) is 0 Å². The number of ether oxygens (including phenoxy) is 4. The maximum absolute atomic E-state index is 13.0. The minimum Gasteiger partial charge on any atom is -0.477 e. The standard InChI is InChI=1S/C84H147NO8/c1-6-8-10-12-14-16-18-20-22-24-26-28-30-32-34-36-38-39-40-41-42-43-45-47-49-51-53-55-57-59-61-63-65-67-69-71-73-75-82(87)93-80(79-92-84(83(88)89)90-77-76-85(3,4)5)78-91-81(86)74-72-70-68-66-64-62-60-58-56-54-52-50-48-46-44-37-35-33-31-29-27-25-23-21-19-17-15-13-11-9-7-2/h8,10,14,16,20,22,26,28,32,34,38-39,41-42,45,47,51,53,80,84H,6-7,9,11-13,15,17-19,21,23-25,27,29-31,33,35-37,40,43-44,46,48-50,52,54-79H2,1-5H3/p+1/b10-8-,16-14-,22-20-,28-26-,34-32-,39-38-,42-41-,47-45-,53-51-. The molecule has 0 aliphatic carbocycles. The van der Waals surface area contributed by atoms with Crippen molar-refractivity contribution in [3.05, 3.63) is 109 Å². The van der Waals surface area contributed by atoms with Crippen LogP contribution in [-0.2, 0) is 33.3 Å². The summed E-state index contributed by atoms with van der Waals surface area (Å²) >= 11 is 0. The molecule has 536 valence electrons. The highest BCUT2D eigenvalue weighted by Gasteiger charge is 2.25. The third kappa shape index (κ3) is 75.2. The van der Waals surface area contributed by atoms with Gasteiger partial charge in [0.25, 0.3) is 6.29 Å². The molecule has 0 aromatic heterocycles. The number of rotatable bonds is 72. The average Bonchev–Trinajstić information content (AvgIpc) is 3.73. The van der Waals surface area contributed by atoms with E-state index in [4.69, 9.17) is 18.9 Å². The van der Waals surface area contributed by atoms with E-state index in [-0.39, 0.29) is 32.2 Å². The first kappa shape index (κ1) is 89.0. The molecule has 93 heavy (non-hydrogen) atoms. The summed E-state index contributed by atoms with van der Waals surface area (Å²) in [5.41, 5.74) is 0. The first-order valence-electron chi connectivity index (χ1n) is 39.1. The van der Waals surface area contributed by atoms with Crippen LogP contribution >= 0.6 is 0 Å². The minimum atomic E-state index is -1.52. The number of hydrogen-bond acceptors (Lipinski definition) is 7. The van der Waals surface area contributed by atoms with Gasteiger partial charge in [0, 0.05) is 12.8 Å². The van der Waals surface area contributed by atoms with Crippen LogP contribution in [0.1, 0.15) is 348 Å². The molecule has 0 aromatic rings. The first-order valence-corrected chi connectivity index (χ1v) is 39.1. The molecule has 9 nitrogen and oxygen atoms in total. The summed E-state index contributed by atoms with van der Waals surface area (Å²) in [5.74, 6) is -2.00. The van der Waals surface area contributed by atoms with E-state index in [9.17, 15) is 19.5 Å². The fourth-order valence-electron chi connectivity index (χ4n) is 11.1. The number of carboxylic acids is 1. The molecule has 2 unspecified atom stereocenters. The summed E-state index contributed by atoms with van der Waals surface area (Å²) in [7, 11) is 5.98. The van der Waals surface area contributed by atoms with Gasteiger partial charge in [-0.3, -0.25) is 9.59 Å². The van der Waals surface area contributed by atoms with Crippen LogP contribution in [0.25, 0.3) is 0 Å². The quantitative estimate of drug-likeness (QED) is 0.0211. The Morgan fingerprint density at radius 2 is 0.613 bits per heavy atom. The van der Waals surface area contributed by atoms with Crippen molar-refractivity contribution in [1.29, 1.82) is 0 Å². The van der Waals surface area contributed by atoms with Crippen molar-refractivity contribution in [2.24, 2.45) is 0 Å². The van der Waals surface area contributed by atoms with Gasteiger partial charge in [0.15, 0.2) is 6.10 Å². The molecule has 0 heterocycles. The second-order valence-corrected chi connectivity index (χ2v) is 27.3. The molecule has 0 bridgehead atoms. The van der Waals surface area contributed by atoms with Crippen molar-refractivity contribution in [2.45, 2.75) is 360 Å². The fourth-order valence-corrected chi connectivity index (χ4v) is 11.1. The van der Waals surface area contributed by atoms with Gasteiger partial charge in [-0.2, -0.15) is 0 Å². The number of carboxylic acid groups (broad SMARTS) is 1. The maximum atomic E-state index is 13.0. The first-order chi connectivity index (χ1) is 45.6. The Labute approximate surface area is 575 Å². The molecular weight excluding hydrogens is 1150 g/mol. The summed E-state index contributed by atoms with van der Waals surface area (Å²) in [6.07, 6.45) is 101. The van der Waals surface area contributed by atoms with E-state index in [0.29, 0.717) is 23.9 Å². The van der Waals surface area contributed by atoms with Gasteiger partial charge in [0.05, 0.1) is 34.4 Å². The highest BCUT2D eigenvalue weighted by Crippen LogP contribution is 2.19. The number of esters is 2. The number of aliphatic carboxylic acids is 1. The molecule has 0 radical (unpaired) electrons. The van der Waals surface area contributed by atoms with Crippen LogP contribution in [0.15, 0.2) is 109 Å². The number of carbonyl (C=O) groups is 3. The molecule has 0 spiro atoms. The zero-order valence-corrected chi connectivity index (χ0v) is 61.4. The summed E-state index contributed by atoms with van der Waals surface area (Å²) in [6, 6.07) is 0. The van der Waals surface area contributed by atoms with Crippen molar-refractivity contribution in [2.75, 3.05) is 47.5 Å². The molecule has 1 N–H and O–H groups in total. The third-order valence-corrected chi connectivity index (χ3v) is 17.0. The topological polar surface area (TPSA) is 108 Å². The Balaban J connectivity index is 4.09. The Bertz CT molecular complexity index is 1900. The van der Waals surface area contributed by atoms with Gasteiger partial charge >= 0.3 is 17.9 Å². The lowest BCUT2D eigenvalue weighted by atomic mass is 10.0. The van der Waals surface area contributed by atoms with Crippen LogP contribution in [0.2, 0.25) is 0 Å². The SMILES string of the molecule is CC/C=C\C/C=C\C/C=C\C/C=C\C/C=C\C/C=C\C/C=C\C/C=C\C/C=C\CCCCCCCCCCCC(=O)OC(COC(=O)CCCCCCCCCCCCCCCCCCCCCCCCCCCCCCCCC)COC(OCC[N+](C)(C)C)C(=O)O. The van der Waals surface area contributed by atoms with Gasteiger partial charge < -0.3 is 28.5 Å². The van der Waals surface area contributed by atoms with Gasteiger partial charge in [-0.1, -0.05) is 361 Å². The number of nitrogens with zero attached hydrogens (tertiary/aromatic N) is 1. The molecular formula is C84H148NO8+. The molecule has 0 aliphatic heterocycles. The molecule has 0 rings (SSSR count). The second-order valence-electron chi connectivity index (χ2n) is 27.3. The van der Waals surface area contributed by atoms with Gasteiger partial charge in [0.2, 0.25) is 0 Å². The highest BCUT2D eigenvalue weighted by molar-refractivity contribution is 5.71. The van der Waals surface area contributed by atoms with Crippen molar-refractivity contribution >= 4 is 17.9 Å². The van der Waals surface area contributed by atoms with E-state index in [1.165, 1.54) is 212 Å². The number of hydrogen-bond donors (Lipinski definition) is 1. The Hall–Kier alpha value is -4.05.